The minimum atomic E-state index is 0.929. The summed E-state index contributed by atoms with van der Waals surface area (Å²) < 4.78 is 0. The standard InChI is InChI=1S/C10H11N/c1-2-3-9-11-10-7-5-4-6-8-10/h2-7,9H,1,8H2/b9-3-,11-10-. The molecule has 0 aliphatic heterocycles. The van der Waals surface area contributed by atoms with Gasteiger partial charge >= 0.3 is 0 Å². The average Bonchev–Trinajstić information content (AvgIpc) is 2.07. The molecule has 1 aliphatic rings. The molecular formula is C10H11N. The first-order valence-electron chi connectivity index (χ1n) is 3.61. The highest BCUT2D eigenvalue weighted by Gasteiger charge is 1.91. The summed E-state index contributed by atoms with van der Waals surface area (Å²) in [6, 6.07) is 0. The summed E-state index contributed by atoms with van der Waals surface area (Å²) >= 11 is 0. The van der Waals surface area contributed by atoms with E-state index in [0.717, 1.165) is 12.1 Å². The van der Waals surface area contributed by atoms with Crippen LogP contribution < -0.4 is 0 Å². The van der Waals surface area contributed by atoms with Crippen LogP contribution in [0.25, 0.3) is 0 Å². The molecule has 0 N–H and O–H groups in total. The third-order valence-electron chi connectivity index (χ3n) is 1.33. The lowest BCUT2D eigenvalue weighted by Crippen LogP contribution is -1.92. The molecule has 0 radical (unpaired) electrons. The molecule has 1 rings (SSSR count). The molecule has 1 nitrogen and oxygen atoms in total. The smallest absolute Gasteiger partial charge is 0.0441 e. The van der Waals surface area contributed by atoms with E-state index in [0.29, 0.717) is 0 Å². The number of nitrogens with zero attached hydrogens (tertiary/aromatic N) is 1. The fourth-order valence-corrected chi connectivity index (χ4v) is 0.797. The van der Waals surface area contributed by atoms with Gasteiger partial charge in [-0.25, -0.2) is 0 Å². The fraction of sp³-hybridized carbons (Fsp3) is 0.100. The van der Waals surface area contributed by atoms with Crippen molar-refractivity contribution in [2.45, 2.75) is 6.42 Å². The van der Waals surface area contributed by atoms with Gasteiger partial charge in [0.2, 0.25) is 0 Å². The molecule has 0 bridgehead atoms. The molecule has 0 amide bonds. The first-order valence-corrected chi connectivity index (χ1v) is 3.61. The molecule has 0 atom stereocenters. The second-order valence-electron chi connectivity index (χ2n) is 2.19. The quantitative estimate of drug-likeness (QED) is 0.530. The van der Waals surface area contributed by atoms with Crippen LogP contribution in [0.3, 0.4) is 0 Å². The summed E-state index contributed by atoms with van der Waals surface area (Å²) in [5.74, 6) is 0. The maximum atomic E-state index is 4.20. The maximum Gasteiger partial charge on any atom is 0.0441 e. The van der Waals surface area contributed by atoms with Gasteiger partial charge in [-0.1, -0.05) is 30.9 Å². The number of hydrogen-bond donors (Lipinski definition) is 0. The van der Waals surface area contributed by atoms with Gasteiger partial charge in [0.1, 0.15) is 0 Å². The summed E-state index contributed by atoms with van der Waals surface area (Å²) in [5, 5.41) is 0. The Labute approximate surface area is 67.2 Å². The summed E-state index contributed by atoms with van der Waals surface area (Å²) in [7, 11) is 0. The molecule has 0 saturated heterocycles. The molecule has 0 spiro atoms. The Morgan fingerprint density at radius 1 is 1.45 bits per heavy atom. The SMILES string of the molecule is C=C/C=C\N=C1\C=CC=CC1. The van der Waals surface area contributed by atoms with Gasteiger partial charge < -0.3 is 0 Å². The Hall–Kier alpha value is -1.37. The molecule has 0 unspecified atom stereocenters. The molecule has 11 heavy (non-hydrogen) atoms. The number of hydrogen-bond acceptors (Lipinski definition) is 1. The van der Waals surface area contributed by atoms with Crippen molar-refractivity contribution in [2.75, 3.05) is 0 Å². The molecular weight excluding hydrogens is 134 g/mol. The van der Waals surface area contributed by atoms with E-state index in [9.17, 15) is 0 Å². The van der Waals surface area contributed by atoms with Crippen molar-refractivity contribution in [1.82, 2.24) is 0 Å². The van der Waals surface area contributed by atoms with Gasteiger partial charge in [-0.15, -0.1) is 0 Å². The zero-order valence-corrected chi connectivity index (χ0v) is 6.40. The van der Waals surface area contributed by atoms with Gasteiger partial charge in [-0.2, -0.15) is 0 Å². The van der Waals surface area contributed by atoms with Crippen molar-refractivity contribution < 1.29 is 0 Å². The minimum absolute atomic E-state index is 0.929. The molecule has 0 aromatic rings. The number of allylic oxidation sites excluding steroid dienone is 6. The van der Waals surface area contributed by atoms with Crippen LogP contribution in [0.4, 0.5) is 0 Å². The highest BCUT2D eigenvalue weighted by molar-refractivity contribution is 5.97. The molecule has 0 fully saturated rings. The van der Waals surface area contributed by atoms with E-state index in [2.05, 4.69) is 17.6 Å². The van der Waals surface area contributed by atoms with Gasteiger partial charge in [-0.05, 0) is 12.2 Å². The van der Waals surface area contributed by atoms with E-state index >= 15 is 0 Å². The lowest BCUT2D eigenvalue weighted by Gasteiger charge is -1.96. The van der Waals surface area contributed by atoms with E-state index < -0.39 is 0 Å². The third-order valence-corrected chi connectivity index (χ3v) is 1.33. The first-order chi connectivity index (χ1) is 5.43. The lowest BCUT2D eigenvalue weighted by atomic mass is 10.2. The zero-order valence-electron chi connectivity index (χ0n) is 6.40. The molecule has 0 saturated carbocycles. The van der Waals surface area contributed by atoms with Gasteiger partial charge in [0.25, 0.3) is 0 Å². The first kappa shape index (κ1) is 7.73. The largest absolute Gasteiger partial charge is 0.261 e. The van der Waals surface area contributed by atoms with Crippen LogP contribution >= 0.6 is 0 Å². The van der Waals surface area contributed by atoms with E-state index in [-0.39, 0.29) is 0 Å². The van der Waals surface area contributed by atoms with Crippen LogP contribution in [-0.4, -0.2) is 5.71 Å². The highest BCUT2D eigenvalue weighted by atomic mass is 14.7. The Balaban J connectivity index is 2.53. The topological polar surface area (TPSA) is 12.4 Å². The number of aliphatic imine (C=N–C) groups is 1. The van der Waals surface area contributed by atoms with Crippen molar-refractivity contribution in [3.8, 4) is 0 Å². The molecule has 0 aromatic heterocycles. The fourth-order valence-electron chi connectivity index (χ4n) is 0.797. The van der Waals surface area contributed by atoms with Crippen molar-refractivity contribution in [3.05, 3.63) is 49.2 Å². The van der Waals surface area contributed by atoms with Crippen LogP contribution in [-0.2, 0) is 0 Å². The number of rotatable bonds is 2. The van der Waals surface area contributed by atoms with Gasteiger partial charge in [0, 0.05) is 18.3 Å². The van der Waals surface area contributed by atoms with Gasteiger partial charge in [0.15, 0.2) is 0 Å². The third kappa shape index (κ3) is 2.80. The monoisotopic (exact) mass is 145 g/mol. The highest BCUT2D eigenvalue weighted by Crippen LogP contribution is 1.99. The summed E-state index contributed by atoms with van der Waals surface area (Å²) in [5.41, 5.74) is 1.09. The minimum Gasteiger partial charge on any atom is -0.261 e. The van der Waals surface area contributed by atoms with Crippen LogP contribution in [0.15, 0.2) is 54.2 Å². The van der Waals surface area contributed by atoms with Crippen LogP contribution in [0.2, 0.25) is 0 Å². The average molecular weight is 145 g/mol. The second-order valence-corrected chi connectivity index (χ2v) is 2.19. The van der Waals surface area contributed by atoms with Crippen molar-refractivity contribution in [1.29, 1.82) is 0 Å². The van der Waals surface area contributed by atoms with E-state index in [4.69, 9.17) is 0 Å². The van der Waals surface area contributed by atoms with Crippen LogP contribution in [0.1, 0.15) is 6.42 Å². The van der Waals surface area contributed by atoms with Gasteiger partial charge in [-0.3, -0.25) is 4.99 Å². The van der Waals surface area contributed by atoms with E-state index in [1.165, 1.54) is 0 Å². The Morgan fingerprint density at radius 2 is 2.36 bits per heavy atom. The Kier molecular flexibility index (Phi) is 3.13. The van der Waals surface area contributed by atoms with Crippen molar-refractivity contribution in [3.63, 3.8) is 0 Å². The lowest BCUT2D eigenvalue weighted by molar-refractivity contribution is 1.40. The predicted octanol–water partition coefficient (Wildman–Crippen LogP) is 2.64. The molecule has 1 heteroatoms. The maximum absolute atomic E-state index is 4.20. The van der Waals surface area contributed by atoms with Gasteiger partial charge in [0.05, 0.1) is 0 Å². The van der Waals surface area contributed by atoms with Crippen LogP contribution in [0.5, 0.6) is 0 Å². The van der Waals surface area contributed by atoms with Crippen molar-refractivity contribution >= 4 is 5.71 Å². The summed E-state index contributed by atoms with van der Waals surface area (Å²) in [4.78, 5) is 4.20. The summed E-state index contributed by atoms with van der Waals surface area (Å²) in [6.45, 7) is 3.56. The van der Waals surface area contributed by atoms with Crippen molar-refractivity contribution in [2.24, 2.45) is 4.99 Å². The van der Waals surface area contributed by atoms with E-state index in [1.807, 2.05) is 24.3 Å². The Morgan fingerprint density at radius 3 is 3.00 bits per heavy atom. The predicted molar refractivity (Wildman–Crippen MR) is 49.7 cm³/mol. The van der Waals surface area contributed by atoms with Crippen LogP contribution in [0, 0.1) is 0 Å². The molecule has 56 valence electrons. The van der Waals surface area contributed by atoms with E-state index in [1.54, 1.807) is 12.3 Å². The second kappa shape index (κ2) is 4.45. The molecule has 0 heterocycles. The summed E-state index contributed by atoms with van der Waals surface area (Å²) in [6.07, 6.45) is 14.3. The molecule has 1 aliphatic carbocycles. The Bertz CT molecular complexity index is 242. The normalized spacial score (nSPS) is 19.8. The zero-order chi connectivity index (χ0) is 7.94. The molecule has 0 aromatic carbocycles.